The van der Waals surface area contributed by atoms with E-state index >= 15 is 0 Å². The van der Waals surface area contributed by atoms with E-state index in [9.17, 15) is 0 Å². The largest absolute Gasteiger partial charge is 0.314 e. The van der Waals surface area contributed by atoms with Gasteiger partial charge in [-0.25, -0.2) is 0 Å². The lowest BCUT2D eigenvalue weighted by Crippen LogP contribution is -2.34. The molecule has 0 bridgehead atoms. The predicted molar refractivity (Wildman–Crippen MR) is 89.2 cm³/mol. The number of rotatable bonds is 3. The molecule has 0 heterocycles. The summed E-state index contributed by atoms with van der Waals surface area (Å²) < 4.78 is 0. The van der Waals surface area contributed by atoms with Crippen molar-refractivity contribution in [1.82, 2.24) is 5.32 Å². The van der Waals surface area contributed by atoms with E-state index in [-0.39, 0.29) is 0 Å². The molecule has 0 saturated heterocycles. The molecule has 0 radical (unpaired) electrons. The monoisotopic (exact) mass is 279 g/mol. The van der Waals surface area contributed by atoms with Gasteiger partial charge in [-0.2, -0.15) is 0 Å². The van der Waals surface area contributed by atoms with Gasteiger partial charge in [-0.3, -0.25) is 0 Å². The Labute approximate surface area is 127 Å². The average Bonchev–Trinajstić information content (AvgIpc) is 2.48. The van der Waals surface area contributed by atoms with Crippen molar-refractivity contribution in [2.24, 2.45) is 5.92 Å². The molecule has 0 atom stereocenters. The molecule has 0 spiro atoms. The second kappa shape index (κ2) is 10.7. The Morgan fingerprint density at radius 1 is 0.500 bits per heavy atom. The quantitative estimate of drug-likeness (QED) is 0.685. The highest BCUT2D eigenvalue weighted by Gasteiger charge is 2.15. The maximum atomic E-state index is 3.94. The highest BCUT2D eigenvalue weighted by atomic mass is 14.9. The first-order valence-corrected chi connectivity index (χ1v) is 9.68. The van der Waals surface area contributed by atoms with Crippen molar-refractivity contribution in [1.29, 1.82) is 0 Å². The van der Waals surface area contributed by atoms with Gasteiger partial charge in [-0.1, -0.05) is 77.0 Å². The van der Waals surface area contributed by atoms with Crippen LogP contribution in [0.5, 0.6) is 0 Å². The van der Waals surface area contributed by atoms with E-state index in [0.717, 1.165) is 12.0 Å². The average molecular weight is 280 g/mol. The maximum absolute atomic E-state index is 3.94. The molecule has 0 aromatic rings. The van der Waals surface area contributed by atoms with Gasteiger partial charge in [0, 0.05) is 6.04 Å². The minimum Gasteiger partial charge on any atom is -0.314 e. The van der Waals surface area contributed by atoms with Gasteiger partial charge in [0.15, 0.2) is 0 Å². The second-order valence-corrected chi connectivity index (χ2v) is 7.37. The highest BCUT2D eigenvalue weighted by molar-refractivity contribution is 4.73. The normalized spacial score (nSPS) is 25.8. The van der Waals surface area contributed by atoms with E-state index in [1.54, 1.807) is 0 Å². The Kier molecular flexibility index (Phi) is 8.70. The number of hydrogen-bond acceptors (Lipinski definition) is 1. The first-order valence-electron chi connectivity index (χ1n) is 9.68. The minimum absolute atomic E-state index is 0.830. The van der Waals surface area contributed by atoms with Crippen molar-refractivity contribution in [3.8, 4) is 0 Å². The zero-order valence-corrected chi connectivity index (χ0v) is 13.7. The topological polar surface area (TPSA) is 12.0 Å². The SMILES string of the molecule is C1CCCCCC(NCC2CCCCC2)CCCCC1. The van der Waals surface area contributed by atoms with Gasteiger partial charge < -0.3 is 5.32 Å². The van der Waals surface area contributed by atoms with Crippen molar-refractivity contribution in [2.75, 3.05) is 6.54 Å². The second-order valence-electron chi connectivity index (χ2n) is 7.37. The van der Waals surface area contributed by atoms with E-state index < -0.39 is 0 Å². The van der Waals surface area contributed by atoms with Crippen LogP contribution in [0.3, 0.4) is 0 Å². The summed E-state index contributed by atoms with van der Waals surface area (Å²) >= 11 is 0. The Morgan fingerprint density at radius 3 is 1.45 bits per heavy atom. The summed E-state index contributed by atoms with van der Waals surface area (Å²) in [6.07, 6.45) is 23.6. The summed E-state index contributed by atoms with van der Waals surface area (Å²) in [6.45, 7) is 1.31. The van der Waals surface area contributed by atoms with Crippen molar-refractivity contribution >= 4 is 0 Å². The van der Waals surface area contributed by atoms with Gasteiger partial charge in [-0.15, -0.1) is 0 Å². The molecular formula is C19H37N. The molecule has 0 aliphatic heterocycles. The molecule has 1 heteroatoms. The summed E-state index contributed by atoms with van der Waals surface area (Å²) in [6, 6.07) is 0.830. The zero-order valence-electron chi connectivity index (χ0n) is 13.7. The number of hydrogen-bond donors (Lipinski definition) is 1. The zero-order chi connectivity index (χ0) is 13.9. The van der Waals surface area contributed by atoms with Gasteiger partial charge in [0.2, 0.25) is 0 Å². The van der Waals surface area contributed by atoms with Crippen LogP contribution < -0.4 is 5.32 Å². The van der Waals surface area contributed by atoms with Crippen molar-refractivity contribution in [3.05, 3.63) is 0 Å². The van der Waals surface area contributed by atoms with E-state index in [4.69, 9.17) is 0 Å². The van der Waals surface area contributed by atoms with Crippen molar-refractivity contribution in [3.63, 3.8) is 0 Å². The fourth-order valence-electron chi connectivity index (χ4n) is 4.09. The van der Waals surface area contributed by atoms with Crippen LogP contribution in [0.1, 0.15) is 103 Å². The summed E-state index contributed by atoms with van der Waals surface area (Å²) in [5.41, 5.74) is 0. The van der Waals surface area contributed by atoms with E-state index in [2.05, 4.69) is 5.32 Å². The van der Waals surface area contributed by atoms with Gasteiger partial charge in [-0.05, 0) is 38.1 Å². The molecule has 118 valence electrons. The minimum atomic E-state index is 0.830. The van der Waals surface area contributed by atoms with E-state index in [1.807, 2.05) is 0 Å². The summed E-state index contributed by atoms with van der Waals surface area (Å²) in [7, 11) is 0. The Balaban J connectivity index is 1.65. The van der Waals surface area contributed by atoms with Crippen LogP contribution >= 0.6 is 0 Å². The molecule has 0 amide bonds. The van der Waals surface area contributed by atoms with Crippen LogP contribution in [0.15, 0.2) is 0 Å². The van der Waals surface area contributed by atoms with Gasteiger partial charge in [0.1, 0.15) is 0 Å². The molecule has 2 aliphatic carbocycles. The summed E-state index contributed by atoms with van der Waals surface area (Å²) in [5.74, 6) is 0.991. The molecule has 20 heavy (non-hydrogen) atoms. The van der Waals surface area contributed by atoms with Gasteiger partial charge in [0.25, 0.3) is 0 Å². The van der Waals surface area contributed by atoms with Crippen LogP contribution in [0, 0.1) is 5.92 Å². The molecule has 0 aromatic heterocycles. The molecule has 2 saturated carbocycles. The van der Waals surface area contributed by atoms with E-state index in [1.165, 1.54) is 109 Å². The smallest absolute Gasteiger partial charge is 0.00671 e. The third-order valence-corrected chi connectivity index (χ3v) is 5.53. The fourth-order valence-corrected chi connectivity index (χ4v) is 4.09. The predicted octanol–water partition coefficient (Wildman–Crippen LogP) is 5.83. The lowest BCUT2D eigenvalue weighted by molar-refractivity contribution is 0.311. The van der Waals surface area contributed by atoms with Crippen molar-refractivity contribution < 1.29 is 0 Å². The maximum Gasteiger partial charge on any atom is 0.00671 e. The molecule has 2 rings (SSSR count). The van der Waals surface area contributed by atoms with Crippen LogP contribution in [-0.2, 0) is 0 Å². The van der Waals surface area contributed by atoms with Crippen LogP contribution in [-0.4, -0.2) is 12.6 Å². The molecule has 2 aliphatic rings. The lowest BCUT2D eigenvalue weighted by Gasteiger charge is -2.26. The lowest BCUT2D eigenvalue weighted by atomic mass is 9.89. The molecule has 1 N–H and O–H groups in total. The molecule has 0 unspecified atom stereocenters. The van der Waals surface area contributed by atoms with Crippen molar-refractivity contribution in [2.45, 2.75) is 109 Å². The Bertz CT molecular complexity index is 208. The first kappa shape index (κ1) is 16.3. The third kappa shape index (κ3) is 7.11. The first-order chi connectivity index (χ1) is 9.95. The molecule has 0 aromatic carbocycles. The molecule has 2 fully saturated rings. The van der Waals surface area contributed by atoms with E-state index in [0.29, 0.717) is 0 Å². The molecular weight excluding hydrogens is 242 g/mol. The van der Waals surface area contributed by atoms with Gasteiger partial charge >= 0.3 is 0 Å². The highest BCUT2D eigenvalue weighted by Crippen LogP contribution is 2.23. The number of nitrogens with one attached hydrogen (secondary N) is 1. The third-order valence-electron chi connectivity index (χ3n) is 5.53. The standard InChI is InChI=1S/C19H37N/c1-2-4-6-11-15-19(16-12-7-5-3-1)20-17-18-13-9-8-10-14-18/h18-20H,1-17H2. The fraction of sp³-hybridized carbons (Fsp3) is 1.00. The van der Waals surface area contributed by atoms with Crippen LogP contribution in [0.4, 0.5) is 0 Å². The van der Waals surface area contributed by atoms with Crippen LogP contribution in [0.25, 0.3) is 0 Å². The van der Waals surface area contributed by atoms with Crippen LogP contribution in [0.2, 0.25) is 0 Å². The Hall–Kier alpha value is -0.0400. The summed E-state index contributed by atoms with van der Waals surface area (Å²) in [4.78, 5) is 0. The molecule has 1 nitrogen and oxygen atoms in total. The summed E-state index contributed by atoms with van der Waals surface area (Å²) in [5, 5.41) is 3.94. The Morgan fingerprint density at radius 2 is 0.900 bits per heavy atom. The van der Waals surface area contributed by atoms with Gasteiger partial charge in [0.05, 0.1) is 0 Å².